The zero-order chi connectivity index (χ0) is 20.9. The van der Waals surface area contributed by atoms with Crippen molar-refractivity contribution < 1.29 is 14.6 Å². The summed E-state index contributed by atoms with van der Waals surface area (Å²) < 4.78 is 12.2. The number of hydrogen-bond donors (Lipinski definition) is 1. The van der Waals surface area contributed by atoms with Crippen molar-refractivity contribution in [1.29, 1.82) is 0 Å². The number of unbranched alkanes of at least 4 members (excludes halogenated alkanes) is 2. The van der Waals surface area contributed by atoms with Gasteiger partial charge >= 0.3 is 0 Å². The van der Waals surface area contributed by atoms with Gasteiger partial charge in [-0.15, -0.1) is 0 Å². The highest BCUT2D eigenvalue weighted by atomic mass is 16.5. The molecule has 0 aliphatic heterocycles. The lowest BCUT2D eigenvalue weighted by Crippen LogP contribution is -2.03. The van der Waals surface area contributed by atoms with E-state index in [2.05, 4.69) is 54.6 Å². The van der Waals surface area contributed by atoms with Gasteiger partial charge in [-0.05, 0) is 67.3 Å². The highest BCUT2D eigenvalue weighted by Gasteiger charge is 2.08. The van der Waals surface area contributed by atoms with Crippen LogP contribution in [0.2, 0.25) is 0 Å². The Balaban J connectivity index is 1.55. The van der Waals surface area contributed by atoms with Crippen molar-refractivity contribution in [3.05, 3.63) is 95.6 Å². The zero-order valence-electron chi connectivity index (χ0n) is 17.6. The molecular weight excluding hydrogens is 372 g/mol. The fourth-order valence-electron chi connectivity index (χ4n) is 3.37. The van der Waals surface area contributed by atoms with Crippen LogP contribution < -0.4 is 9.47 Å². The highest BCUT2D eigenvalue weighted by molar-refractivity contribution is 5.43. The third-order valence-electron chi connectivity index (χ3n) is 5.08. The molecule has 0 amide bonds. The third kappa shape index (κ3) is 7.57. The first-order valence-corrected chi connectivity index (χ1v) is 10.9. The Bertz CT molecular complexity index is 846. The zero-order valence-corrected chi connectivity index (χ0v) is 17.6. The molecule has 0 aliphatic rings. The summed E-state index contributed by atoms with van der Waals surface area (Å²) in [6, 6.07) is 26.9. The van der Waals surface area contributed by atoms with E-state index >= 15 is 0 Å². The molecule has 0 fully saturated rings. The quantitative estimate of drug-likeness (QED) is 0.356. The fraction of sp³-hybridized carbons (Fsp3) is 0.333. The lowest BCUT2D eigenvalue weighted by Gasteiger charge is -2.15. The first-order chi connectivity index (χ1) is 14.8. The lowest BCUT2D eigenvalue weighted by molar-refractivity contribution is 0.257. The minimum atomic E-state index is 0.239. The molecule has 0 aromatic heterocycles. The van der Waals surface area contributed by atoms with Crippen LogP contribution in [0.3, 0.4) is 0 Å². The summed E-state index contributed by atoms with van der Waals surface area (Å²) in [6.07, 6.45) is 5.90. The van der Waals surface area contributed by atoms with Gasteiger partial charge in [0, 0.05) is 6.61 Å². The molecule has 3 aromatic carbocycles. The Morgan fingerprint density at radius 1 is 0.567 bits per heavy atom. The minimum absolute atomic E-state index is 0.239. The van der Waals surface area contributed by atoms with Gasteiger partial charge in [0.25, 0.3) is 0 Å². The predicted molar refractivity (Wildman–Crippen MR) is 122 cm³/mol. The van der Waals surface area contributed by atoms with Gasteiger partial charge in [0.2, 0.25) is 0 Å². The van der Waals surface area contributed by atoms with Gasteiger partial charge < -0.3 is 14.6 Å². The number of aliphatic hydroxyl groups is 1. The van der Waals surface area contributed by atoms with Crippen molar-refractivity contribution in [2.45, 2.75) is 45.1 Å². The topological polar surface area (TPSA) is 38.7 Å². The summed E-state index contributed by atoms with van der Waals surface area (Å²) in [7, 11) is 0. The van der Waals surface area contributed by atoms with E-state index in [9.17, 15) is 0 Å². The van der Waals surface area contributed by atoms with Crippen LogP contribution in [-0.4, -0.2) is 18.3 Å². The Hall–Kier alpha value is -2.78. The summed E-state index contributed by atoms with van der Waals surface area (Å²) in [5.74, 6) is 1.60. The van der Waals surface area contributed by atoms with Gasteiger partial charge in [-0.2, -0.15) is 0 Å². The largest absolute Gasteiger partial charge is 0.490 e. The van der Waals surface area contributed by atoms with E-state index in [4.69, 9.17) is 14.6 Å². The molecule has 0 spiro atoms. The van der Waals surface area contributed by atoms with Gasteiger partial charge in [0.1, 0.15) is 6.61 Å². The van der Waals surface area contributed by atoms with Gasteiger partial charge in [0.15, 0.2) is 11.5 Å². The van der Waals surface area contributed by atoms with Gasteiger partial charge in [-0.25, -0.2) is 0 Å². The molecule has 0 atom stereocenters. The van der Waals surface area contributed by atoms with Crippen LogP contribution in [0.1, 0.15) is 42.4 Å². The lowest BCUT2D eigenvalue weighted by atomic mass is 10.1. The fourth-order valence-corrected chi connectivity index (χ4v) is 3.37. The number of benzene rings is 3. The number of hydrogen-bond acceptors (Lipinski definition) is 3. The smallest absolute Gasteiger partial charge is 0.161 e. The average Bonchev–Trinajstić information content (AvgIpc) is 2.80. The molecule has 3 aromatic rings. The molecule has 1 N–H and O–H groups in total. The Kier molecular flexibility index (Phi) is 9.29. The molecule has 0 unspecified atom stereocenters. The second-order valence-electron chi connectivity index (χ2n) is 7.53. The maximum atomic E-state index is 9.03. The molecular formula is C27H32O3. The van der Waals surface area contributed by atoms with Crippen LogP contribution >= 0.6 is 0 Å². The van der Waals surface area contributed by atoms with Crippen molar-refractivity contribution in [3.63, 3.8) is 0 Å². The van der Waals surface area contributed by atoms with E-state index in [1.54, 1.807) is 0 Å². The molecule has 30 heavy (non-hydrogen) atoms. The van der Waals surface area contributed by atoms with Crippen LogP contribution in [0.15, 0.2) is 78.9 Å². The van der Waals surface area contributed by atoms with E-state index in [0.717, 1.165) is 55.6 Å². The predicted octanol–water partition coefficient (Wildman–Crippen LogP) is 5.98. The normalized spacial score (nSPS) is 10.7. The van der Waals surface area contributed by atoms with Gasteiger partial charge in [-0.3, -0.25) is 0 Å². The Morgan fingerprint density at radius 2 is 1.23 bits per heavy atom. The van der Waals surface area contributed by atoms with Crippen LogP contribution in [0.4, 0.5) is 0 Å². The van der Waals surface area contributed by atoms with Crippen molar-refractivity contribution in [2.24, 2.45) is 0 Å². The monoisotopic (exact) mass is 404 g/mol. The van der Waals surface area contributed by atoms with Crippen LogP contribution in [0.5, 0.6) is 11.5 Å². The maximum Gasteiger partial charge on any atom is 0.161 e. The second kappa shape index (κ2) is 12.7. The molecule has 0 saturated carbocycles. The molecule has 3 nitrogen and oxygen atoms in total. The van der Waals surface area contributed by atoms with E-state index in [0.29, 0.717) is 13.2 Å². The number of rotatable bonds is 13. The van der Waals surface area contributed by atoms with Gasteiger partial charge in [0.05, 0.1) is 6.61 Å². The van der Waals surface area contributed by atoms with Crippen molar-refractivity contribution in [3.8, 4) is 11.5 Å². The molecule has 158 valence electrons. The number of ether oxygens (including phenoxy) is 2. The molecule has 3 heteroatoms. The van der Waals surface area contributed by atoms with Crippen LogP contribution in [0, 0.1) is 0 Å². The summed E-state index contributed by atoms with van der Waals surface area (Å²) in [4.78, 5) is 0. The molecule has 3 rings (SSSR count). The van der Waals surface area contributed by atoms with E-state index < -0.39 is 0 Å². The third-order valence-corrected chi connectivity index (χ3v) is 5.08. The minimum Gasteiger partial charge on any atom is -0.490 e. The van der Waals surface area contributed by atoms with Crippen LogP contribution in [-0.2, 0) is 19.4 Å². The standard InChI is InChI=1S/C27H32O3/c28-19-9-7-14-24-17-18-26(30-22-25-15-5-2-6-16-25)27(21-24)29-20-10-8-13-23-11-3-1-4-12-23/h1-6,11-12,15-18,21,28H,7-10,13-14,19-20,22H2. The second-order valence-corrected chi connectivity index (χ2v) is 7.53. The van der Waals surface area contributed by atoms with E-state index in [-0.39, 0.29) is 6.61 Å². The van der Waals surface area contributed by atoms with Gasteiger partial charge in [-0.1, -0.05) is 66.7 Å². The van der Waals surface area contributed by atoms with Crippen molar-refractivity contribution >= 4 is 0 Å². The summed E-state index contributed by atoms with van der Waals surface area (Å²) >= 11 is 0. The Morgan fingerprint density at radius 3 is 1.97 bits per heavy atom. The first kappa shape index (κ1) is 21.9. The summed E-state index contributed by atoms with van der Waals surface area (Å²) in [6.45, 7) is 1.44. The Labute approximate surface area is 180 Å². The van der Waals surface area contributed by atoms with E-state index in [1.165, 1.54) is 11.1 Å². The molecule has 0 saturated heterocycles. The van der Waals surface area contributed by atoms with Crippen molar-refractivity contribution in [2.75, 3.05) is 13.2 Å². The first-order valence-electron chi connectivity index (χ1n) is 10.9. The summed E-state index contributed by atoms with van der Waals surface area (Å²) in [5, 5.41) is 9.03. The molecule has 0 bridgehead atoms. The molecule has 0 heterocycles. The number of aliphatic hydroxyl groups excluding tert-OH is 1. The van der Waals surface area contributed by atoms with Crippen LogP contribution in [0.25, 0.3) is 0 Å². The SMILES string of the molecule is OCCCCc1ccc(OCc2ccccc2)c(OCCCCc2ccccc2)c1. The van der Waals surface area contributed by atoms with Crippen molar-refractivity contribution in [1.82, 2.24) is 0 Å². The molecule has 0 aliphatic carbocycles. The average molecular weight is 405 g/mol. The number of aryl methyl sites for hydroxylation is 2. The highest BCUT2D eigenvalue weighted by Crippen LogP contribution is 2.30. The van der Waals surface area contributed by atoms with E-state index in [1.807, 2.05) is 24.3 Å². The summed E-state index contributed by atoms with van der Waals surface area (Å²) in [5.41, 5.74) is 3.73. The molecule has 0 radical (unpaired) electrons. The maximum absolute atomic E-state index is 9.03.